The number of hydrogen-bond acceptors (Lipinski definition) is 5. The Morgan fingerprint density at radius 3 is 2.07 bits per heavy atom. The first-order valence-corrected chi connectivity index (χ1v) is 9.69. The predicted octanol–water partition coefficient (Wildman–Crippen LogP) is 2.46. The van der Waals surface area contributed by atoms with E-state index in [0.29, 0.717) is 5.69 Å². The molecular weight excluding hydrogens is 358 g/mol. The fourth-order valence-corrected chi connectivity index (χ4v) is 2.42. The summed E-state index contributed by atoms with van der Waals surface area (Å²) in [7, 11) is 0. The van der Waals surface area contributed by atoms with Gasteiger partial charge in [0.05, 0.1) is 18.5 Å². The summed E-state index contributed by atoms with van der Waals surface area (Å²) in [6, 6.07) is 6.85. The second kappa shape index (κ2) is 11.4. The van der Waals surface area contributed by atoms with Gasteiger partial charge in [0.15, 0.2) is 0 Å². The molecule has 0 aromatic heterocycles. The molecule has 0 radical (unpaired) electrons. The number of ether oxygens (including phenoxy) is 1. The van der Waals surface area contributed by atoms with E-state index in [2.05, 4.69) is 16.0 Å². The quantitative estimate of drug-likeness (QED) is 0.533. The van der Waals surface area contributed by atoms with Gasteiger partial charge in [-0.25, -0.2) is 0 Å². The molecule has 3 N–H and O–H groups in total. The number of benzene rings is 1. The molecular formula is C21H33N3O4. The van der Waals surface area contributed by atoms with Crippen molar-refractivity contribution in [3.05, 3.63) is 29.8 Å². The van der Waals surface area contributed by atoms with Crippen LogP contribution in [0.3, 0.4) is 0 Å². The molecule has 7 nitrogen and oxygen atoms in total. The summed E-state index contributed by atoms with van der Waals surface area (Å²) in [5.74, 6) is -0.803. The highest BCUT2D eigenvalue weighted by Gasteiger charge is 2.22. The van der Waals surface area contributed by atoms with Crippen LogP contribution in [-0.4, -0.2) is 36.4 Å². The van der Waals surface area contributed by atoms with Crippen molar-refractivity contribution in [2.75, 3.05) is 11.9 Å². The zero-order chi connectivity index (χ0) is 21.3. The maximum atomic E-state index is 12.3. The molecule has 7 heteroatoms. The van der Waals surface area contributed by atoms with Gasteiger partial charge >= 0.3 is 5.97 Å². The monoisotopic (exact) mass is 391 g/mol. The molecule has 0 spiro atoms. The molecule has 0 saturated carbocycles. The van der Waals surface area contributed by atoms with E-state index in [0.717, 1.165) is 5.56 Å². The summed E-state index contributed by atoms with van der Waals surface area (Å²) in [5.41, 5.74) is 1.44. The Hall–Kier alpha value is -2.41. The number of carbonyl (C=O) groups is 3. The van der Waals surface area contributed by atoms with Crippen molar-refractivity contribution < 1.29 is 19.1 Å². The average Bonchev–Trinajstić information content (AvgIpc) is 2.62. The molecule has 0 bridgehead atoms. The number of hydrogen-bond donors (Lipinski definition) is 3. The summed E-state index contributed by atoms with van der Waals surface area (Å²) >= 11 is 0. The number of rotatable bonds is 10. The Bertz CT molecular complexity index is 654. The molecule has 1 rings (SSSR count). The van der Waals surface area contributed by atoms with Gasteiger partial charge in [-0.3, -0.25) is 14.4 Å². The topological polar surface area (TPSA) is 96.5 Å². The Labute approximate surface area is 167 Å². The number of anilines is 1. The summed E-state index contributed by atoms with van der Waals surface area (Å²) < 4.78 is 5.16. The van der Waals surface area contributed by atoms with Gasteiger partial charge < -0.3 is 20.7 Å². The smallest absolute Gasteiger partial charge is 0.308 e. The van der Waals surface area contributed by atoms with Crippen molar-refractivity contribution in [1.29, 1.82) is 0 Å². The van der Waals surface area contributed by atoms with Crippen LogP contribution >= 0.6 is 0 Å². The van der Waals surface area contributed by atoms with E-state index in [9.17, 15) is 14.4 Å². The molecule has 2 amide bonds. The Balaban J connectivity index is 2.48. The molecule has 1 unspecified atom stereocenters. The molecule has 0 saturated heterocycles. The zero-order valence-corrected chi connectivity index (χ0v) is 17.7. The van der Waals surface area contributed by atoms with E-state index in [1.807, 2.05) is 27.7 Å². The van der Waals surface area contributed by atoms with Crippen molar-refractivity contribution in [1.82, 2.24) is 10.6 Å². The Morgan fingerprint density at radius 1 is 0.964 bits per heavy atom. The molecule has 1 aromatic carbocycles. The number of esters is 1. The van der Waals surface area contributed by atoms with Gasteiger partial charge in [0.2, 0.25) is 11.8 Å². The maximum Gasteiger partial charge on any atom is 0.308 e. The Kier molecular flexibility index (Phi) is 9.65. The lowest BCUT2D eigenvalue weighted by atomic mass is 10.0. The maximum absolute atomic E-state index is 12.3. The summed E-state index contributed by atoms with van der Waals surface area (Å²) in [6.45, 7) is 11.5. The van der Waals surface area contributed by atoms with Crippen molar-refractivity contribution in [2.45, 2.75) is 60.2 Å². The van der Waals surface area contributed by atoms with Crippen LogP contribution in [-0.2, 0) is 25.7 Å². The molecule has 28 heavy (non-hydrogen) atoms. The largest absolute Gasteiger partial charge is 0.461 e. The minimum atomic E-state index is -0.347. The number of nitrogens with one attached hydrogen (secondary N) is 3. The summed E-state index contributed by atoms with van der Waals surface area (Å²) in [6.07, 6.45) is 0. The van der Waals surface area contributed by atoms with Crippen LogP contribution in [0.2, 0.25) is 0 Å². The lowest BCUT2D eigenvalue weighted by molar-refractivity contribution is -0.148. The van der Waals surface area contributed by atoms with E-state index in [4.69, 9.17) is 4.74 Å². The van der Waals surface area contributed by atoms with Gasteiger partial charge in [-0.2, -0.15) is 0 Å². The van der Waals surface area contributed by atoms with E-state index < -0.39 is 0 Å². The lowest BCUT2D eigenvalue weighted by Gasteiger charge is -2.23. The average molecular weight is 392 g/mol. The van der Waals surface area contributed by atoms with E-state index >= 15 is 0 Å². The van der Waals surface area contributed by atoms with Crippen LogP contribution < -0.4 is 16.0 Å². The molecule has 0 aliphatic rings. The molecule has 0 aliphatic heterocycles. The number of carbonyl (C=O) groups excluding carboxylic acids is 3. The number of amides is 2. The second-order valence-corrected chi connectivity index (χ2v) is 7.77. The minimum absolute atomic E-state index is 0.102. The normalized spacial score (nSPS) is 12.2. The molecule has 156 valence electrons. The standard InChI is InChI=1S/C21H33N3O4/c1-13(2)19(23-15(5)6)20(26)22-11-18(25)24-17-9-7-16(8-10-17)12-28-21(27)14(3)4/h7-10,13-15,19,23H,11-12H2,1-6H3,(H,22,26)(H,24,25). The van der Waals surface area contributed by atoms with Crippen LogP contribution in [0.25, 0.3) is 0 Å². The van der Waals surface area contributed by atoms with Crippen LogP contribution in [0.1, 0.15) is 47.1 Å². The van der Waals surface area contributed by atoms with Crippen LogP contribution in [0.5, 0.6) is 0 Å². The zero-order valence-electron chi connectivity index (χ0n) is 17.7. The van der Waals surface area contributed by atoms with Crippen LogP contribution in [0.15, 0.2) is 24.3 Å². The molecule has 0 aliphatic carbocycles. The SMILES string of the molecule is CC(C)NC(C(=O)NCC(=O)Nc1ccc(COC(=O)C(C)C)cc1)C(C)C. The highest BCUT2D eigenvalue weighted by atomic mass is 16.5. The first-order chi connectivity index (χ1) is 13.1. The Morgan fingerprint density at radius 2 is 1.57 bits per heavy atom. The third-order valence-electron chi connectivity index (χ3n) is 3.98. The predicted molar refractivity (Wildman–Crippen MR) is 110 cm³/mol. The fourth-order valence-electron chi connectivity index (χ4n) is 2.42. The van der Waals surface area contributed by atoms with Gasteiger partial charge in [0, 0.05) is 11.7 Å². The highest BCUT2D eigenvalue weighted by molar-refractivity contribution is 5.95. The van der Waals surface area contributed by atoms with E-state index in [1.165, 1.54) is 0 Å². The molecule has 0 heterocycles. The fraction of sp³-hybridized carbons (Fsp3) is 0.571. The first kappa shape index (κ1) is 23.6. The summed E-state index contributed by atoms with van der Waals surface area (Å²) in [4.78, 5) is 35.9. The van der Waals surface area contributed by atoms with E-state index in [-0.39, 0.29) is 54.9 Å². The van der Waals surface area contributed by atoms with Gasteiger partial charge in [-0.1, -0.05) is 53.7 Å². The van der Waals surface area contributed by atoms with Crippen LogP contribution in [0, 0.1) is 11.8 Å². The minimum Gasteiger partial charge on any atom is -0.461 e. The third-order valence-corrected chi connectivity index (χ3v) is 3.98. The van der Waals surface area contributed by atoms with Crippen molar-refractivity contribution in [2.24, 2.45) is 11.8 Å². The highest BCUT2D eigenvalue weighted by Crippen LogP contribution is 2.11. The van der Waals surface area contributed by atoms with Crippen molar-refractivity contribution in [3.63, 3.8) is 0 Å². The lowest BCUT2D eigenvalue weighted by Crippen LogP contribution is -2.51. The van der Waals surface area contributed by atoms with Gasteiger partial charge in [0.25, 0.3) is 0 Å². The van der Waals surface area contributed by atoms with E-state index in [1.54, 1.807) is 38.1 Å². The molecule has 0 fully saturated rings. The second-order valence-electron chi connectivity index (χ2n) is 7.77. The van der Waals surface area contributed by atoms with Gasteiger partial charge in [-0.05, 0) is 23.6 Å². The van der Waals surface area contributed by atoms with Gasteiger partial charge in [0.1, 0.15) is 6.61 Å². The summed E-state index contributed by atoms with van der Waals surface area (Å²) in [5, 5.41) is 8.61. The van der Waals surface area contributed by atoms with Crippen molar-refractivity contribution >= 4 is 23.5 Å². The van der Waals surface area contributed by atoms with Crippen molar-refractivity contribution in [3.8, 4) is 0 Å². The van der Waals surface area contributed by atoms with Crippen LogP contribution in [0.4, 0.5) is 5.69 Å². The molecule has 1 atom stereocenters. The third kappa shape index (κ3) is 8.52. The molecule has 1 aromatic rings. The first-order valence-electron chi connectivity index (χ1n) is 9.69. The van der Waals surface area contributed by atoms with Gasteiger partial charge in [-0.15, -0.1) is 0 Å².